The lowest BCUT2D eigenvalue weighted by molar-refractivity contribution is -0.902. The van der Waals surface area contributed by atoms with Crippen LogP contribution in [0, 0.1) is 6.92 Å². The maximum Gasteiger partial charge on any atom is 0.220 e. The van der Waals surface area contributed by atoms with Crippen LogP contribution >= 0.6 is 0 Å². The van der Waals surface area contributed by atoms with Crippen LogP contribution in [0.1, 0.15) is 127 Å². The van der Waals surface area contributed by atoms with E-state index in [9.17, 15) is 4.79 Å². The van der Waals surface area contributed by atoms with Gasteiger partial charge in [-0.15, -0.1) is 0 Å². The molecule has 1 N–H and O–H groups in total. The van der Waals surface area contributed by atoms with Gasteiger partial charge in [-0.1, -0.05) is 84.0 Å². The number of hydrogen-bond acceptors (Lipinski definition) is 4. The molecule has 0 fully saturated rings. The van der Waals surface area contributed by atoms with Gasteiger partial charge in [0, 0.05) is 37.6 Å². The van der Waals surface area contributed by atoms with Gasteiger partial charge in [0.15, 0.2) is 0 Å². The highest BCUT2D eigenvalue weighted by Crippen LogP contribution is 2.35. The van der Waals surface area contributed by atoms with E-state index in [2.05, 4.69) is 31.3 Å². The first-order valence-corrected chi connectivity index (χ1v) is 15.0. The zero-order valence-electron chi connectivity index (χ0n) is 25.3. The van der Waals surface area contributed by atoms with Crippen LogP contribution in [0.3, 0.4) is 0 Å². The Bertz CT molecular complexity index is 814. The standard InChI is InChI=1S/C31H55N3O3.ClH/c1-7-8-9-10-11-12-13-14-15-16-17-18-19-20-29(35)32-21-22-34(5,6)24-27-23-33-26(2)30-28(27)25-36-31(3,4)37-30;/h23H,7-22,24-25H2,1-6H3;1H. The van der Waals surface area contributed by atoms with Gasteiger partial charge in [-0.25, -0.2) is 0 Å². The fourth-order valence-electron chi connectivity index (χ4n) is 5.06. The Morgan fingerprint density at radius 3 is 2.11 bits per heavy atom. The third kappa shape index (κ3) is 13.6. The predicted molar refractivity (Wildman–Crippen MR) is 152 cm³/mol. The number of carbonyl (C=O) groups excluding carboxylic acids is 1. The summed E-state index contributed by atoms with van der Waals surface area (Å²) in [6, 6.07) is 0. The Kier molecular flexibility index (Phi) is 16.5. The molecule has 1 aliphatic heterocycles. The summed E-state index contributed by atoms with van der Waals surface area (Å²) in [5.74, 6) is 0.418. The molecule has 0 aliphatic carbocycles. The number of likely N-dealkylation sites (N-methyl/N-ethyl adjacent to an activating group) is 1. The van der Waals surface area contributed by atoms with Gasteiger partial charge in [0.2, 0.25) is 11.7 Å². The molecule has 0 saturated carbocycles. The second kappa shape index (κ2) is 18.1. The molecule has 38 heavy (non-hydrogen) atoms. The third-order valence-corrected chi connectivity index (χ3v) is 7.46. The van der Waals surface area contributed by atoms with E-state index in [0.717, 1.165) is 46.6 Å². The quantitative estimate of drug-likeness (QED) is 0.206. The number of hydrogen-bond donors (Lipinski definition) is 1. The molecule has 2 heterocycles. The van der Waals surface area contributed by atoms with Crippen molar-refractivity contribution in [3.8, 4) is 5.75 Å². The van der Waals surface area contributed by atoms with Crippen molar-refractivity contribution in [2.45, 2.75) is 137 Å². The van der Waals surface area contributed by atoms with Crippen molar-refractivity contribution in [3.63, 3.8) is 0 Å². The Morgan fingerprint density at radius 1 is 0.974 bits per heavy atom. The molecule has 0 saturated heterocycles. The molecule has 1 aliphatic rings. The number of halogens is 1. The van der Waals surface area contributed by atoms with Gasteiger partial charge >= 0.3 is 0 Å². The van der Waals surface area contributed by atoms with Gasteiger partial charge in [-0.2, -0.15) is 0 Å². The number of amides is 1. The van der Waals surface area contributed by atoms with Gasteiger partial charge < -0.3 is 31.7 Å². The third-order valence-electron chi connectivity index (χ3n) is 7.46. The molecule has 0 aromatic carbocycles. The van der Waals surface area contributed by atoms with Crippen LogP contribution in [0.15, 0.2) is 6.20 Å². The molecule has 1 aromatic rings. The molecule has 1 amide bonds. The van der Waals surface area contributed by atoms with E-state index in [1.165, 1.54) is 77.0 Å². The average Bonchev–Trinajstić information content (AvgIpc) is 2.83. The fourth-order valence-corrected chi connectivity index (χ4v) is 5.06. The molecular formula is C31H56ClN3O3. The predicted octanol–water partition coefficient (Wildman–Crippen LogP) is 4.21. The highest BCUT2D eigenvalue weighted by atomic mass is 35.5. The molecule has 0 spiro atoms. The van der Waals surface area contributed by atoms with E-state index in [0.29, 0.717) is 19.6 Å². The first-order valence-electron chi connectivity index (χ1n) is 15.0. The summed E-state index contributed by atoms with van der Waals surface area (Å²) in [5.41, 5.74) is 3.16. The monoisotopic (exact) mass is 553 g/mol. The normalized spacial score (nSPS) is 14.4. The maximum atomic E-state index is 12.3. The van der Waals surface area contributed by atoms with Crippen molar-refractivity contribution >= 4 is 5.91 Å². The maximum absolute atomic E-state index is 12.3. The lowest BCUT2D eigenvalue weighted by Crippen LogP contribution is -3.00. The van der Waals surface area contributed by atoms with E-state index in [4.69, 9.17) is 9.47 Å². The molecule has 7 heteroatoms. The largest absolute Gasteiger partial charge is 1.00 e. The van der Waals surface area contributed by atoms with E-state index in [1.54, 1.807) is 0 Å². The molecule has 0 atom stereocenters. The van der Waals surface area contributed by atoms with Gasteiger partial charge in [-0.05, 0) is 13.3 Å². The highest BCUT2D eigenvalue weighted by Gasteiger charge is 2.32. The summed E-state index contributed by atoms with van der Waals surface area (Å²) in [6.45, 7) is 11.0. The molecule has 220 valence electrons. The number of pyridine rings is 1. The van der Waals surface area contributed by atoms with Gasteiger partial charge in [0.05, 0.1) is 39.5 Å². The Balaban J connectivity index is 0.00000722. The van der Waals surface area contributed by atoms with E-state index in [1.807, 2.05) is 27.0 Å². The summed E-state index contributed by atoms with van der Waals surface area (Å²) in [4.78, 5) is 16.9. The number of rotatable bonds is 19. The lowest BCUT2D eigenvalue weighted by Gasteiger charge is -2.36. The first-order chi connectivity index (χ1) is 17.6. The van der Waals surface area contributed by atoms with Crippen LogP contribution < -0.4 is 22.5 Å². The van der Waals surface area contributed by atoms with Gasteiger partial charge in [-0.3, -0.25) is 9.78 Å². The number of unbranched alkanes of at least 4 members (excludes halogenated alkanes) is 12. The number of quaternary nitrogens is 1. The average molecular weight is 554 g/mol. The van der Waals surface area contributed by atoms with Crippen molar-refractivity contribution in [1.29, 1.82) is 0 Å². The van der Waals surface area contributed by atoms with E-state index in [-0.39, 0.29) is 18.3 Å². The van der Waals surface area contributed by atoms with Crippen molar-refractivity contribution < 1.29 is 31.2 Å². The van der Waals surface area contributed by atoms with Crippen LogP contribution in [-0.4, -0.2) is 48.3 Å². The van der Waals surface area contributed by atoms with E-state index < -0.39 is 5.79 Å². The minimum Gasteiger partial charge on any atom is -1.00 e. The molecule has 0 radical (unpaired) electrons. The molecule has 2 rings (SSSR count). The second-order valence-corrected chi connectivity index (χ2v) is 12.1. The molecule has 6 nitrogen and oxygen atoms in total. The van der Waals surface area contributed by atoms with Crippen molar-refractivity contribution in [3.05, 3.63) is 23.0 Å². The Morgan fingerprint density at radius 2 is 1.53 bits per heavy atom. The zero-order chi connectivity index (χ0) is 27.2. The summed E-state index contributed by atoms with van der Waals surface area (Å²) in [6.07, 6.45) is 19.8. The number of nitrogens with zero attached hydrogens (tertiary/aromatic N) is 2. The number of aromatic nitrogens is 1. The van der Waals surface area contributed by atoms with Crippen molar-refractivity contribution in [2.75, 3.05) is 27.2 Å². The summed E-state index contributed by atoms with van der Waals surface area (Å²) < 4.78 is 12.7. The smallest absolute Gasteiger partial charge is 0.220 e. The summed E-state index contributed by atoms with van der Waals surface area (Å²) >= 11 is 0. The van der Waals surface area contributed by atoms with Crippen LogP contribution in [-0.2, 0) is 22.7 Å². The van der Waals surface area contributed by atoms with E-state index >= 15 is 0 Å². The summed E-state index contributed by atoms with van der Waals surface area (Å²) in [5, 5.41) is 3.13. The molecule has 0 bridgehead atoms. The number of carbonyl (C=O) groups is 1. The fraction of sp³-hybridized carbons (Fsp3) is 0.806. The molecular weight excluding hydrogens is 498 g/mol. The van der Waals surface area contributed by atoms with Crippen LogP contribution in [0.4, 0.5) is 0 Å². The Labute approximate surface area is 239 Å². The summed E-state index contributed by atoms with van der Waals surface area (Å²) in [7, 11) is 4.39. The Hall–Kier alpha value is -1.37. The molecule has 0 unspecified atom stereocenters. The number of nitrogens with one attached hydrogen (secondary N) is 1. The topological polar surface area (TPSA) is 60.5 Å². The first kappa shape index (κ1) is 34.7. The number of ether oxygens (including phenoxy) is 2. The molecule has 1 aromatic heterocycles. The van der Waals surface area contributed by atoms with Crippen molar-refractivity contribution in [2.24, 2.45) is 0 Å². The van der Waals surface area contributed by atoms with Crippen molar-refractivity contribution in [1.82, 2.24) is 10.3 Å². The lowest BCUT2D eigenvalue weighted by atomic mass is 10.0. The zero-order valence-corrected chi connectivity index (χ0v) is 26.1. The second-order valence-electron chi connectivity index (χ2n) is 12.1. The number of aryl methyl sites for hydroxylation is 1. The van der Waals surface area contributed by atoms with Gasteiger partial charge in [0.1, 0.15) is 12.3 Å². The van der Waals surface area contributed by atoms with Gasteiger partial charge in [0.25, 0.3) is 0 Å². The minimum atomic E-state index is -0.625. The number of fused-ring (bicyclic) bond motifs is 1. The van der Waals surface area contributed by atoms with Crippen LogP contribution in [0.25, 0.3) is 0 Å². The minimum absolute atomic E-state index is 0. The van der Waals surface area contributed by atoms with Crippen LogP contribution in [0.2, 0.25) is 0 Å². The highest BCUT2D eigenvalue weighted by molar-refractivity contribution is 5.75. The SMILES string of the molecule is CCCCCCCCCCCCCCCC(=O)NCC[N+](C)(C)Cc1cnc(C)c2c1COC(C)(C)O2.[Cl-]. The van der Waals surface area contributed by atoms with Crippen LogP contribution in [0.5, 0.6) is 5.75 Å².